The molecule has 0 amide bonds. The third kappa shape index (κ3) is 2.97. The lowest BCUT2D eigenvalue weighted by Crippen LogP contribution is -2.27. The largest absolute Gasteiger partial charge is 0.465 e. The third-order valence-electron chi connectivity index (χ3n) is 4.04. The molecule has 3 unspecified atom stereocenters. The molecular weight excluding hydrogens is 292 g/mol. The molecular formula is C19H18O4. The summed E-state index contributed by atoms with van der Waals surface area (Å²) in [7, 11) is 0. The monoisotopic (exact) mass is 310 g/mol. The van der Waals surface area contributed by atoms with Crippen LogP contribution < -0.4 is 0 Å². The lowest BCUT2D eigenvalue weighted by atomic mass is 9.82. The fourth-order valence-electron chi connectivity index (χ4n) is 3.03. The smallest absolute Gasteiger partial charge is 0.321 e. The molecule has 3 atom stereocenters. The summed E-state index contributed by atoms with van der Waals surface area (Å²) in [6, 6.07) is 19.0. The molecule has 1 heterocycles. The Morgan fingerprint density at radius 1 is 1.00 bits per heavy atom. The molecule has 0 aromatic heterocycles. The average molecular weight is 310 g/mol. The predicted octanol–water partition coefficient (Wildman–Crippen LogP) is 3.25. The van der Waals surface area contributed by atoms with Crippen LogP contribution in [-0.4, -0.2) is 18.5 Å². The Kier molecular flexibility index (Phi) is 4.42. The van der Waals surface area contributed by atoms with E-state index in [1.54, 1.807) is 6.92 Å². The molecule has 3 rings (SSSR count). The van der Waals surface area contributed by atoms with Gasteiger partial charge in [-0.15, -0.1) is 0 Å². The van der Waals surface area contributed by atoms with Crippen molar-refractivity contribution < 1.29 is 19.1 Å². The van der Waals surface area contributed by atoms with Crippen molar-refractivity contribution in [2.45, 2.75) is 18.9 Å². The Hall–Kier alpha value is -2.62. The zero-order chi connectivity index (χ0) is 16.2. The highest BCUT2D eigenvalue weighted by atomic mass is 16.6. The minimum absolute atomic E-state index is 0.236. The van der Waals surface area contributed by atoms with E-state index in [1.807, 2.05) is 60.7 Å². The van der Waals surface area contributed by atoms with Gasteiger partial charge < -0.3 is 9.47 Å². The second-order valence-electron chi connectivity index (χ2n) is 5.43. The van der Waals surface area contributed by atoms with Crippen LogP contribution in [0, 0.1) is 5.92 Å². The molecule has 1 aliphatic rings. The summed E-state index contributed by atoms with van der Waals surface area (Å²) in [6.45, 7) is 1.96. The van der Waals surface area contributed by atoms with Crippen molar-refractivity contribution in [1.82, 2.24) is 0 Å². The van der Waals surface area contributed by atoms with Crippen molar-refractivity contribution in [3.8, 4) is 0 Å². The summed E-state index contributed by atoms with van der Waals surface area (Å²) in [4.78, 5) is 24.6. The van der Waals surface area contributed by atoms with Gasteiger partial charge in [-0.05, 0) is 18.1 Å². The Morgan fingerprint density at radius 2 is 1.57 bits per heavy atom. The number of carbonyl (C=O) groups excluding carboxylic acids is 2. The van der Waals surface area contributed by atoms with Crippen LogP contribution in [0.3, 0.4) is 0 Å². The maximum absolute atomic E-state index is 12.3. The van der Waals surface area contributed by atoms with Crippen molar-refractivity contribution in [1.29, 1.82) is 0 Å². The summed E-state index contributed by atoms with van der Waals surface area (Å²) in [5.74, 6) is -2.36. The van der Waals surface area contributed by atoms with Gasteiger partial charge >= 0.3 is 11.9 Å². The number of benzene rings is 2. The van der Waals surface area contributed by atoms with E-state index in [2.05, 4.69) is 0 Å². The molecule has 1 fully saturated rings. The van der Waals surface area contributed by atoms with Crippen molar-refractivity contribution in [2.24, 2.45) is 5.92 Å². The van der Waals surface area contributed by atoms with Gasteiger partial charge in [-0.25, -0.2) is 0 Å². The van der Waals surface area contributed by atoms with Gasteiger partial charge in [0.1, 0.15) is 6.10 Å². The SMILES string of the molecule is CCOC(=O)C1C(=O)OC(c2ccccc2)C1c1ccccc1. The van der Waals surface area contributed by atoms with E-state index in [1.165, 1.54) is 0 Å². The molecule has 0 aliphatic carbocycles. The first kappa shape index (κ1) is 15.3. The highest BCUT2D eigenvalue weighted by Gasteiger charge is 2.50. The molecule has 118 valence electrons. The molecule has 0 radical (unpaired) electrons. The number of hydrogen-bond acceptors (Lipinski definition) is 4. The predicted molar refractivity (Wildman–Crippen MR) is 84.6 cm³/mol. The first-order valence-electron chi connectivity index (χ1n) is 7.69. The van der Waals surface area contributed by atoms with Gasteiger partial charge in [-0.1, -0.05) is 60.7 Å². The minimum atomic E-state index is -0.928. The third-order valence-corrected chi connectivity index (χ3v) is 4.04. The fourth-order valence-corrected chi connectivity index (χ4v) is 3.03. The zero-order valence-corrected chi connectivity index (χ0v) is 12.8. The average Bonchev–Trinajstić information content (AvgIpc) is 2.94. The van der Waals surface area contributed by atoms with Crippen LogP contribution in [0.15, 0.2) is 60.7 Å². The topological polar surface area (TPSA) is 52.6 Å². The Morgan fingerprint density at radius 3 is 2.13 bits per heavy atom. The molecule has 0 spiro atoms. The zero-order valence-electron chi connectivity index (χ0n) is 12.8. The standard InChI is InChI=1S/C19H18O4/c1-2-22-18(20)16-15(13-9-5-3-6-10-13)17(23-19(16)21)14-11-7-4-8-12-14/h3-12,15-17H,2H2,1H3. The summed E-state index contributed by atoms with van der Waals surface area (Å²) in [5, 5.41) is 0. The van der Waals surface area contributed by atoms with Crippen LogP contribution in [0.1, 0.15) is 30.1 Å². The molecule has 1 saturated heterocycles. The fraction of sp³-hybridized carbons (Fsp3) is 0.263. The maximum atomic E-state index is 12.3. The van der Waals surface area contributed by atoms with Gasteiger partial charge in [0.2, 0.25) is 0 Å². The molecule has 4 nitrogen and oxygen atoms in total. The molecule has 23 heavy (non-hydrogen) atoms. The van der Waals surface area contributed by atoms with Crippen LogP contribution in [0.25, 0.3) is 0 Å². The molecule has 0 saturated carbocycles. The van der Waals surface area contributed by atoms with Crippen molar-refractivity contribution in [3.63, 3.8) is 0 Å². The van der Waals surface area contributed by atoms with Crippen molar-refractivity contribution in [2.75, 3.05) is 6.61 Å². The lowest BCUT2D eigenvalue weighted by Gasteiger charge is -2.21. The van der Waals surface area contributed by atoms with Gasteiger partial charge in [-0.3, -0.25) is 9.59 Å². The van der Waals surface area contributed by atoms with Crippen LogP contribution in [-0.2, 0) is 19.1 Å². The minimum Gasteiger partial charge on any atom is -0.465 e. The molecule has 1 aliphatic heterocycles. The van der Waals surface area contributed by atoms with Gasteiger partial charge in [0.15, 0.2) is 5.92 Å². The van der Waals surface area contributed by atoms with Crippen molar-refractivity contribution in [3.05, 3.63) is 71.8 Å². The molecule has 2 aromatic carbocycles. The number of hydrogen-bond donors (Lipinski definition) is 0. The summed E-state index contributed by atoms with van der Waals surface area (Å²) < 4.78 is 10.6. The van der Waals surface area contributed by atoms with E-state index in [0.717, 1.165) is 11.1 Å². The van der Waals surface area contributed by atoms with Crippen LogP contribution >= 0.6 is 0 Å². The summed E-state index contributed by atoms with van der Waals surface area (Å²) >= 11 is 0. The van der Waals surface area contributed by atoms with E-state index < -0.39 is 24.0 Å². The van der Waals surface area contributed by atoms with Gasteiger partial charge in [0.05, 0.1) is 6.61 Å². The van der Waals surface area contributed by atoms with E-state index >= 15 is 0 Å². The van der Waals surface area contributed by atoms with E-state index in [9.17, 15) is 9.59 Å². The lowest BCUT2D eigenvalue weighted by molar-refractivity contribution is -0.156. The van der Waals surface area contributed by atoms with Gasteiger partial charge in [-0.2, -0.15) is 0 Å². The van der Waals surface area contributed by atoms with E-state index in [4.69, 9.17) is 9.47 Å². The van der Waals surface area contributed by atoms with Crippen LogP contribution in [0.2, 0.25) is 0 Å². The number of esters is 2. The van der Waals surface area contributed by atoms with Crippen LogP contribution in [0.5, 0.6) is 0 Å². The second-order valence-corrected chi connectivity index (χ2v) is 5.43. The highest BCUT2D eigenvalue weighted by molar-refractivity contribution is 5.98. The summed E-state index contributed by atoms with van der Waals surface area (Å²) in [5.41, 5.74) is 1.77. The number of ether oxygens (including phenoxy) is 2. The van der Waals surface area contributed by atoms with E-state index in [-0.39, 0.29) is 12.5 Å². The summed E-state index contributed by atoms with van der Waals surface area (Å²) in [6.07, 6.45) is -0.486. The molecule has 0 bridgehead atoms. The molecule has 2 aromatic rings. The number of cyclic esters (lactones) is 1. The second kappa shape index (κ2) is 6.65. The Bertz CT molecular complexity index is 681. The molecule has 0 N–H and O–H groups in total. The first-order valence-corrected chi connectivity index (χ1v) is 7.69. The Labute approximate surface area is 135 Å². The van der Waals surface area contributed by atoms with Gasteiger partial charge in [0, 0.05) is 5.92 Å². The van der Waals surface area contributed by atoms with Crippen molar-refractivity contribution >= 4 is 11.9 Å². The highest BCUT2D eigenvalue weighted by Crippen LogP contribution is 2.46. The van der Waals surface area contributed by atoms with E-state index in [0.29, 0.717) is 0 Å². The van der Waals surface area contributed by atoms with Crippen LogP contribution in [0.4, 0.5) is 0 Å². The first-order chi connectivity index (χ1) is 11.2. The number of carbonyl (C=O) groups is 2. The Balaban J connectivity index is 2.03. The maximum Gasteiger partial charge on any atom is 0.321 e. The molecule has 4 heteroatoms. The number of rotatable bonds is 4. The van der Waals surface area contributed by atoms with Gasteiger partial charge in [0.25, 0.3) is 0 Å². The normalized spacial score (nSPS) is 23.3. The quantitative estimate of drug-likeness (QED) is 0.642.